The highest BCUT2D eigenvalue weighted by molar-refractivity contribution is 5.31. The van der Waals surface area contributed by atoms with Crippen LogP contribution in [0.3, 0.4) is 0 Å². The first kappa shape index (κ1) is 11.0. The van der Waals surface area contributed by atoms with Crippen molar-refractivity contribution >= 4 is 0 Å². The minimum absolute atomic E-state index is 0.0946. The summed E-state index contributed by atoms with van der Waals surface area (Å²) in [7, 11) is 0. The summed E-state index contributed by atoms with van der Waals surface area (Å²) in [5.41, 5.74) is 1.27. The van der Waals surface area contributed by atoms with Crippen LogP contribution in [-0.4, -0.2) is 11.6 Å². The maximum atomic E-state index is 5.60. The zero-order chi connectivity index (χ0) is 10.6. The molecule has 2 nitrogen and oxygen atoms in total. The van der Waals surface area contributed by atoms with Crippen molar-refractivity contribution in [2.75, 3.05) is 6.61 Å². The smallest absolute Gasteiger partial charge is 0.217 e. The monoisotopic (exact) mass is 193 g/mol. The molecule has 0 aliphatic rings. The molecule has 0 saturated carbocycles. The van der Waals surface area contributed by atoms with E-state index in [0.717, 1.165) is 18.9 Å². The van der Waals surface area contributed by atoms with Crippen molar-refractivity contribution in [2.45, 2.75) is 39.5 Å². The molecule has 0 spiro atoms. The molecule has 0 amide bonds. The third kappa shape index (κ3) is 2.72. The second kappa shape index (κ2) is 4.45. The zero-order valence-electron chi connectivity index (χ0n) is 9.50. The second-order valence-corrected chi connectivity index (χ2v) is 4.45. The van der Waals surface area contributed by atoms with Crippen LogP contribution in [0, 0.1) is 0 Å². The van der Waals surface area contributed by atoms with Gasteiger partial charge in [-0.1, -0.05) is 33.8 Å². The lowest BCUT2D eigenvalue weighted by Gasteiger charge is -2.21. The fourth-order valence-corrected chi connectivity index (χ4v) is 1.28. The number of hydrogen-bond acceptors (Lipinski definition) is 2. The van der Waals surface area contributed by atoms with E-state index in [1.54, 1.807) is 6.20 Å². The molecular weight excluding hydrogens is 174 g/mol. The summed E-state index contributed by atoms with van der Waals surface area (Å²) < 4.78 is 5.60. The summed E-state index contributed by atoms with van der Waals surface area (Å²) in [6.45, 7) is 9.34. The minimum atomic E-state index is 0.0946. The van der Waals surface area contributed by atoms with Gasteiger partial charge in [-0.05, 0) is 17.9 Å². The van der Waals surface area contributed by atoms with Gasteiger partial charge in [0.15, 0.2) is 0 Å². The normalized spacial score (nSPS) is 11.4. The van der Waals surface area contributed by atoms with Gasteiger partial charge in [0, 0.05) is 11.8 Å². The van der Waals surface area contributed by atoms with Crippen LogP contribution in [0.2, 0.25) is 0 Å². The molecule has 0 bridgehead atoms. The highest BCUT2D eigenvalue weighted by Gasteiger charge is 2.19. The van der Waals surface area contributed by atoms with E-state index in [4.69, 9.17) is 4.74 Å². The Balaban J connectivity index is 2.92. The quantitative estimate of drug-likeness (QED) is 0.735. The van der Waals surface area contributed by atoms with Crippen molar-refractivity contribution in [3.8, 4) is 5.88 Å². The number of aromatic nitrogens is 1. The lowest BCUT2D eigenvalue weighted by Crippen LogP contribution is -2.14. The summed E-state index contributed by atoms with van der Waals surface area (Å²) in [4.78, 5) is 4.26. The van der Waals surface area contributed by atoms with E-state index in [1.165, 1.54) is 5.56 Å². The maximum Gasteiger partial charge on any atom is 0.217 e. The Kier molecular flexibility index (Phi) is 3.50. The van der Waals surface area contributed by atoms with Crippen LogP contribution >= 0.6 is 0 Å². The van der Waals surface area contributed by atoms with Crippen LogP contribution in [-0.2, 0) is 5.41 Å². The predicted molar refractivity (Wildman–Crippen MR) is 58.7 cm³/mol. The first-order valence-corrected chi connectivity index (χ1v) is 5.14. The molecule has 0 unspecified atom stereocenters. The molecule has 0 radical (unpaired) electrons. The van der Waals surface area contributed by atoms with E-state index in [2.05, 4.69) is 38.7 Å². The summed E-state index contributed by atoms with van der Waals surface area (Å²) >= 11 is 0. The molecule has 1 aromatic rings. The lowest BCUT2D eigenvalue weighted by molar-refractivity contribution is 0.296. The van der Waals surface area contributed by atoms with Crippen LogP contribution < -0.4 is 4.74 Å². The number of ether oxygens (including phenoxy) is 1. The van der Waals surface area contributed by atoms with Crippen molar-refractivity contribution < 1.29 is 4.74 Å². The van der Waals surface area contributed by atoms with E-state index in [9.17, 15) is 0 Å². The first-order chi connectivity index (χ1) is 6.55. The molecule has 2 heteroatoms. The lowest BCUT2D eigenvalue weighted by atomic mass is 9.88. The van der Waals surface area contributed by atoms with Crippen molar-refractivity contribution in [2.24, 2.45) is 0 Å². The Morgan fingerprint density at radius 2 is 2.07 bits per heavy atom. The van der Waals surface area contributed by atoms with Crippen LogP contribution in [0.5, 0.6) is 5.88 Å². The molecular formula is C12H19NO. The average Bonchev–Trinajstić information content (AvgIpc) is 2.14. The van der Waals surface area contributed by atoms with Crippen molar-refractivity contribution in [3.63, 3.8) is 0 Å². The molecule has 78 valence electrons. The highest BCUT2D eigenvalue weighted by Crippen LogP contribution is 2.28. The molecule has 0 aromatic carbocycles. The van der Waals surface area contributed by atoms with Crippen LogP contribution in [0.25, 0.3) is 0 Å². The SMILES string of the molecule is CCCOc1ncccc1C(C)(C)C. The van der Waals surface area contributed by atoms with Crippen LogP contribution in [0.4, 0.5) is 0 Å². The van der Waals surface area contributed by atoms with Gasteiger partial charge in [0.1, 0.15) is 0 Å². The van der Waals surface area contributed by atoms with E-state index in [1.807, 2.05) is 6.07 Å². The standard InChI is InChI=1S/C12H19NO/c1-5-9-14-11-10(12(2,3)4)7-6-8-13-11/h6-8H,5,9H2,1-4H3. The molecule has 1 aromatic heterocycles. The van der Waals surface area contributed by atoms with Gasteiger partial charge in [0.05, 0.1) is 6.61 Å². The summed E-state index contributed by atoms with van der Waals surface area (Å²) in [6.07, 6.45) is 2.79. The van der Waals surface area contributed by atoms with E-state index < -0.39 is 0 Å². The van der Waals surface area contributed by atoms with Gasteiger partial charge in [-0.15, -0.1) is 0 Å². The van der Waals surface area contributed by atoms with Crippen LogP contribution in [0.15, 0.2) is 18.3 Å². The summed E-state index contributed by atoms with van der Waals surface area (Å²) in [5, 5.41) is 0. The Labute approximate surface area is 86.3 Å². The first-order valence-electron chi connectivity index (χ1n) is 5.14. The van der Waals surface area contributed by atoms with E-state index >= 15 is 0 Å². The van der Waals surface area contributed by atoms with Crippen LogP contribution in [0.1, 0.15) is 39.7 Å². The molecule has 0 N–H and O–H groups in total. The largest absolute Gasteiger partial charge is 0.477 e. The molecule has 0 fully saturated rings. The third-order valence-electron chi connectivity index (χ3n) is 2.02. The van der Waals surface area contributed by atoms with Gasteiger partial charge >= 0.3 is 0 Å². The van der Waals surface area contributed by atoms with Crippen molar-refractivity contribution in [1.82, 2.24) is 4.98 Å². The van der Waals surface area contributed by atoms with Gasteiger partial charge in [-0.25, -0.2) is 4.98 Å². The van der Waals surface area contributed by atoms with Gasteiger partial charge in [-0.3, -0.25) is 0 Å². The number of nitrogens with zero attached hydrogens (tertiary/aromatic N) is 1. The van der Waals surface area contributed by atoms with Gasteiger partial charge in [0.2, 0.25) is 5.88 Å². The molecule has 14 heavy (non-hydrogen) atoms. The molecule has 0 aliphatic carbocycles. The van der Waals surface area contributed by atoms with Gasteiger partial charge in [0.25, 0.3) is 0 Å². The fourth-order valence-electron chi connectivity index (χ4n) is 1.28. The Morgan fingerprint density at radius 3 is 2.64 bits per heavy atom. The Hall–Kier alpha value is -1.05. The number of hydrogen-bond donors (Lipinski definition) is 0. The fraction of sp³-hybridized carbons (Fsp3) is 0.583. The van der Waals surface area contributed by atoms with Crippen molar-refractivity contribution in [1.29, 1.82) is 0 Å². The third-order valence-corrected chi connectivity index (χ3v) is 2.02. The van der Waals surface area contributed by atoms with E-state index in [0.29, 0.717) is 0 Å². The second-order valence-electron chi connectivity index (χ2n) is 4.45. The van der Waals surface area contributed by atoms with Crippen molar-refractivity contribution in [3.05, 3.63) is 23.9 Å². The molecule has 0 aliphatic heterocycles. The maximum absolute atomic E-state index is 5.60. The number of pyridine rings is 1. The number of rotatable bonds is 3. The summed E-state index contributed by atoms with van der Waals surface area (Å²) in [6, 6.07) is 4.04. The molecule has 1 heterocycles. The molecule has 0 atom stereocenters. The average molecular weight is 193 g/mol. The topological polar surface area (TPSA) is 22.1 Å². The van der Waals surface area contributed by atoms with Gasteiger partial charge < -0.3 is 4.74 Å². The molecule has 1 rings (SSSR count). The minimum Gasteiger partial charge on any atom is -0.477 e. The summed E-state index contributed by atoms with van der Waals surface area (Å²) in [5.74, 6) is 0.779. The van der Waals surface area contributed by atoms with E-state index in [-0.39, 0.29) is 5.41 Å². The zero-order valence-corrected chi connectivity index (χ0v) is 9.50. The Bertz CT molecular complexity index is 289. The predicted octanol–water partition coefficient (Wildman–Crippen LogP) is 3.17. The Morgan fingerprint density at radius 1 is 1.36 bits per heavy atom. The molecule has 0 saturated heterocycles. The van der Waals surface area contributed by atoms with Gasteiger partial charge in [-0.2, -0.15) is 0 Å². The highest BCUT2D eigenvalue weighted by atomic mass is 16.5.